The van der Waals surface area contributed by atoms with Gasteiger partial charge < -0.3 is 14.9 Å². The number of phenols is 2. The first kappa shape index (κ1) is 9.85. The zero-order valence-electron chi connectivity index (χ0n) is 6.74. The van der Waals surface area contributed by atoms with Crippen LogP contribution in [0, 0.1) is 0 Å². The van der Waals surface area contributed by atoms with E-state index in [1.165, 1.54) is 19.2 Å². The molecule has 0 saturated carbocycles. The van der Waals surface area contributed by atoms with Crippen molar-refractivity contribution >= 4 is 21.9 Å². The second-order valence-corrected chi connectivity index (χ2v) is 3.14. The smallest absolute Gasteiger partial charge is 0.345 e. The number of carbonyl (C=O) groups excluding carboxylic acids is 1. The predicted molar refractivity (Wildman–Crippen MR) is 48.8 cm³/mol. The number of phenolic OH excluding ortho intramolecular Hbond substituents is 2. The molecule has 0 aromatic heterocycles. The lowest BCUT2D eigenvalue weighted by Crippen LogP contribution is -2.02. The Morgan fingerprint density at radius 1 is 1.46 bits per heavy atom. The molecular weight excluding hydrogens is 240 g/mol. The molecule has 1 aromatic carbocycles. The minimum Gasteiger partial charge on any atom is -0.507 e. The molecule has 1 aromatic rings. The van der Waals surface area contributed by atoms with E-state index < -0.39 is 5.97 Å². The van der Waals surface area contributed by atoms with Crippen molar-refractivity contribution in [3.63, 3.8) is 0 Å². The van der Waals surface area contributed by atoms with Crippen molar-refractivity contribution in [1.29, 1.82) is 0 Å². The van der Waals surface area contributed by atoms with Crippen LogP contribution in [-0.2, 0) is 4.74 Å². The Morgan fingerprint density at radius 2 is 2.08 bits per heavy atom. The molecule has 0 saturated heterocycles. The van der Waals surface area contributed by atoms with Crippen molar-refractivity contribution in [2.75, 3.05) is 7.11 Å². The number of methoxy groups -OCH3 is 1. The van der Waals surface area contributed by atoms with E-state index in [1.807, 2.05) is 0 Å². The molecule has 4 nitrogen and oxygen atoms in total. The molecular formula is C8H7BrO4. The van der Waals surface area contributed by atoms with Crippen LogP contribution in [0.4, 0.5) is 0 Å². The van der Waals surface area contributed by atoms with Crippen LogP contribution in [0.1, 0.15) is 10.4 Å². The number of aromatic hydroxyl groups is 2. The molecule has 0 atom stereocenters. The van der Waals surface area contributed by atoms with Gasteiger partial charge in [-0.15, -0.1) is 0 Å². The lowest BCUT2D eigenvalue weighted by molar-refractivity contribution is 0.0594. The van der Waals surface area contributed by atoms with Crippen LogP contribution < -0.4 is 0 Å². The fraction of sp³-hybridized carbons (Fsp3) is 0.125. The van der Waals surface area contributed by atoms with Gasteiger partial charge in [-0.1, -0.05) is 0 Å². The molecule has 0 amide bonds. The highest BCUT2D eigenvalue weighted by Crippen LogP contribution is 2.34. The number of halogens is 1. The summed E-state index contributed by atoms with van der Waals surface area (Å²) in [5.41, 5.74) is -0.239. The van der Waals surface area contributed by atoms with Crippen LogP contribution in [-0.4, -0.2) is 23.3 Å². The van der Waals surface area contributed by atoms with E-state index in [0.29, 0.717) is 4.47 Å². The van der Waals surface area contributed by atoms with Crippen molar-refractivity contribution in [3.8, 4) is 11.5 Å². The van der Waals surface area contributed by atoms with Gasteiger partial charge in [0.15, 0.2) is 0 Å². The van der Waals surface area contributed by atoms with Gasteiger partial charge in [0.1, 0.15) is 17.1 Å². The molecule has 0 aliphatic heterocycles. The molecule has 0 aliphatic rings. The van der Waals surface area contributed by atoms with E-state index in [2.05, 4.69) is 20.7 Å². The van der Waals surface area contributed by atoms with Gasteiger partial charge in [0.25, 0.3) is 0 Å². The van der Waals surface area contributed by atoms with Gasteiger partial charge >= 0.3 is 5.97 Å². The zero-order valence-corrected chi connectivity index (χ0v) is 8.33. The summed E-state index contributed by atoms with van der Waals surface area (Å²) < 4.78 is 4.70. The van der Waals surface area contributed by atoms with Crippen LogP contribution in [0.5, 0.6) is 11.5 Å². The summed E-state index contributed by atoms with van der Waals surface area (Å²) in [5, 5.41) is 18.6. The fourth-order valence-corrected chi connectivity index (χ4v) is 1.19. The first-order valence-corrected chi connectivity index (χ1v) is 4.16. The molecule has 5 heteroatoms. The zero-order chi connectivity index (χ0) is 10.0. The Balaban J connectivity index is 3.33. The third kappa shape index (κ3) is 1.75. The number of hydrogen-bond donors (Lipinski definition) is 2. The standard InChI is InChI=1S/C8H7BrO4/c1-13-8(12)6-5(10)3-2-4(9)7(6)11/h2-3,10-11H,1H3. The third-order valence-electron chi connectivity index (χ3n) is 1.50. The molecule has 13 heavy (non-hydrogen) atoms. The number of benzene rings is 1. The molecule has 0 spiro atoms. The van der Waals surface area contributed by atoms with Crippen molar-refractivity contribution < 1.29 is 19.7 Å². The highest BCUT2D eigenvalue weighted by atomic mass is 79.9. The first-order valence-electron chi connectivity index (χ1n) is 3.36. The van der Waals surface area contributed by atoms with Crippen LogP contribution in [0.3, 0.4) is 0 Å². The SMILES string of the molecule is COC(=O)c1c(O)ccc(Br)c1O. The Bertz CT molecular complexity index is 348. The summed E-state index contributed by atoms with van der Waals surface area (Å²) in [4.78, 5) is 11.0. The lowest BCUT2D eigenvalue weighted by atomic mass is 10.2. The van der Waals surface area contributed by atoms with Gasteiger partial charge in [0, 0.05) is 0 Å². The number of esters is 1. The average molecular weight is 247 g/mol. The minimum atomic E-state index is -0.781. The Hall–Kier alpha value is -1.23. The summed E-state index contributed by atoms with van der Waals surface area (Å²) in [5.74, 6) is -1.42. The van der Waals surface area contributed by atoms with E-state index in [9.17, 15) is 15.0 Å². The molecule has 0 heterocycles. The largest absolute Gasteiger partial charge is 0.507 e. The summed E-state index contributed by atoms with van der Waals surface area (Å²) in [6, 6.07) is 2.72. The predicted octanol–water partition coefficient (Wildman–Crippen LogP) is 1.65. The summed E-state index contributed by atoms with van der Waals surface area (Å²) in [6.07, 6.45) is 0. The van der Waals surface area contributed by atoms with Gasteiger partial charge in [-0.2, -0.15) is 0 Å². The maximum atomic E-state index is 11.0. The van der Waals surface area contributed by atoms with Gasteiger partial charge in [0.05, 0.1) is 11.6 Å². The van der Waals surface area contributed by atoms with E-state index in [0.717, 1.165) is 0 Å². The number of carbonyl (C=O) groups is 1. The van der Waals surface area contributed by atoms with E-state index in [-0.39, 0.29) is 17.1 Å². The first-order chi connectivity index (χ1) is 6.07. The van der Waals surface area contributed by atoms with Crippen LogP contribution in [0.25, 0.3) is 0 Å². The van der Waals surface area contributed by atoms with Crippen molar-refractivity contribution in [2.45, 2.75) is 0 Å². The molecule has 1 rings (SSSR count). The molecule has 0 aliphatic carbocycles. The van der Waals surface area contributed by atoms with Crippen LogP contribution in [0.2, 0.25) is 0 Å². The average Bonchev–Trinajstić information content (AvgIpc) is 2.12. The van der Waals surface area contributed by atoms with E-state index in [4.69, 9.17) is 0 Å². The van der Waals surface area contributed by atoms with Gasteiger partial charge in [0.2, 0.25) is 0 Å². The summed E-state index contributed by atoms with van der Waals surface area (Å²) in [6.45, 7) is 0. The highest BCUT2D eigenvalue weighted by molar-refractivity contribution is 9.10. The summed E-state index contributed by atoms with van der Waals surface area (Å²) in [7, 11) is 1.17. The number of ether oxygens (including phenoxy) is 1. The van der Waals surface area contributed by atoms with Gasteiger partial charge in [-0.05, 0) is 28.1 Å². The minimum absolute atomic E-state index is 0.239. The lowest BCUT2D eigenvalue weighted by Gasteiger charge is -2.05. The van der Waals surface area contributed by atoms with Crippen molar-refractivity contribution in [3.05, 3.63) is 22.2 Å². The highest BCUT2D eigenvalue weighted by Gasteiger charge is 2.18. The van der Waals surface area contributed by atoms with E-state index >= 15 is 0 Å². The molecule has 0 fully saturated rings. The number of rotatable bonds is 1. The topological polar surface area (TPSA) is 66.8 Å². The van der Waals surface area contributed by atoms with Gasteiger partial charge in [-0.3, -0.25) is 0 Å². The van der Waals surface area contributed by atoms with Crippen molar-refractivity contribution in [2.24, 2.45) is 0 Å². The maximum Gasteiger partial charge on any atom is 0.345 e. The molecule has 0 radical (unpaired) electrons. The quantitative estimate of drug-likeness (QED) is 0.740. The molecule has 2 N–H and O–H groups in total. The summed E-state index contributed by atoms with van der Waals surface area (Å²) >= 11 is 3.01. The second-order valence-electron chi connectivity index (χ2n) is 2.28. The Kier molecular flexibility index (Phi) is 2.77. The van der Waals surface area contributed by atoms with Crippen LogP contribution in [0.15, 0.2) is 16.6 Å². The second kappa shape index (κ2) is 3.66. The molecule has 70 valence electrons. The van der Waals surface area contributed by atoms with Gasteiger partial charge in [-0.25, -0.2) is 4.79 Å². The fourth-order valence-electron chi connectivity index (χ4n) is 0.858. The monoisotopic (exact) mass is 246 g/mol. The third-order valence-corrected chi connectivity index (χ3v) is 2.14. The number of hydrogen-bond acceptors (Lipinski definition) is 4. The maximum absolute atomic E-state index is 11.0. The molecule has 0 unspecified atom stereocenters. The Labute approximate surface area is 82.9 Å². The normalized spacial score (nSPS) is 9.69. The van der Waals surface area contributed by atoms with Crippen LogP contribution >= 0.6 is 15.9 Å². The van der Waals surface area contributed by atoms with E-state index in [1.54, 1.807) is 0 Å². The molecule has 0 bridgehead atoms. The Morgan fingerprint density at radius 3 is 2.62 bits per heavy atom. The van der Waals surface area contributed by atoms with Crippen molar-refractivity contribution in [1.82, 2.24) is 0 Å².